The first-order valence-electron chi connectivity index (χ1n) is 4.77. The second-order valence-corrected chi connectivity index (χ2v) is 3.02. The van der Waals surface area contributed by atoms with Gasteiger partial charge in [0.25, 0.3) is 0 Å². The Labute approximate surface area is 79.2 Å². The standard InChI is InChI=1S/C7H14O4.C2H6/c1-4-2-6(9)11-5(3-8)7(4)10;1-2/h4-10H,2-3H2,1H3;1-2H3/t4?,5?,6-,7-;/m0./s1. The molecule has 4 nitrogen and oxygen atoms in total. The fourth-order valence-corrected chi connectivity index (χ4v) is 1.31. The molecule has 1 rings (SSSR count). The molecule has 0 aromatic rings. The van der Waals surface area contributed by atoms with E-state index in [2.05, 4.69) is 0 Å². The van der Waals surface area contributed by atoms with Crippen molar-refractivity contribution in [3.8, 4) is 0 Å². The van der Waals surface area contributed by atoms with Gasteiger partial charge in [0.1, 0.15) is 6.10 Å². The molecule has 3 N–H and O–H groups in total. The first-order valence-corrected chi connectivity index (χ1v) is 4.77. The van der Waals surface area contributed by atoms with Crippen molar-refractivity contribution in [3.63, 3.8) is 0 Å². The van der Waals surface area contributed by atoms with Crippen LogP contribution in [-0.2, 0) is 4.74 Å². The van der Waals surface area contributed by atoms with E-state index in [-0.39, 0.29) is 12.5 Å². The zero-order chi connectivity index (χ0) is 10.4. The molecule has 1 aliphatic rings. The third-order valence-corrected chi connectivity index (χ3v) is 2.05. The maximum atomic E-state index is 9.36. The van der Waals surface area contributed by atoms with Crippen LogP contribution >= 0.6 is 0 Å². The molecule has 0 aliphatic carbocycles. The molecule has 1 fully saturated rings. The summed E-state index contributed by atoms with van der Waals surface area (Å²) in [5.41, 5.74) is 0. The molecule has 1 saturated heterocycles. The van der Waals surface area contributed by atoms with Crippen molar-refractivity contribution < 1.29 is 20.1 Å². The Hall–Kier alpha value is -0.160. The smallest absolute Gasteiger partial charge is 0.155 e. The summed E-state index contributed by atoms with van der Waals surface area (Å²) in [5, 5.41) is 27.1. The molecule has 0 amide bonds. The summed E-state index contributed by atoms with van der Waals surface area (Å²) in [5.74, 6) is -0.0177. The van der Waals surface area contributed by atoms with Crippen LogP contribution in [0.25, 0.3) is 0 Å². The molecule has 0 radical (unpaired) electrons. The number of ether oxygens (including phenoxy) is 1. The molecule has 2 unspecified atom stereocenters. The molecule has 0 spiro atoms. The normalized spacial score (nSPS) is 39.2. The van der Waals surface area contributed by atoms with Crippen LogP contribution in [0, 0.1) is 5.92 Å². The van der Waals surface area contributed by atoms with Gasteiger partial charge in [-0.15, -0.1) is 0 Å². The highest BCUT2D eigenvalue weighted by Gasteiger charge is 2.33. The predicted molar refractivity (Wildman–Crippen MR) is 49.1 cm³/mol. The third kappa shape index (κ3) is 3.60. The average molecular weight is 192 g/mol. The molecule has 4 heteroatoms. The van der Waals surface area contributed by atoms with Gasteiger partial charge in [-0.1, -0.05) is 20.8 Å². The summed E-state index contributed by atoms with van der Waals surface area (Å²) in [6, 6.07) is 0. The van der Waals surface area contributed by atoms with Gasteiger partial charge in [0, 0.05) is 6.42 Å². The van der Waals surface area contributed by atoms with Crippen molar-refractivity contribution in [1.82, 2.24) is 0 Å². The van der Waals surface area contributed by atoms with Crippen LogP contribution in [0.2, 0.25) is 0 Å². The minimum Gasteiger partial charge on any atom is -0.394 e. The fraction of sp³-hybridized carbons (Fsp3) is 1.00. The highest BCUT2D eigenvalue weighted by molar-refractivity contribution is 4.79. The number of hydrogen-bond donors (Lipinski definition) is 3. The Morgan fingerprint density at radius 2 is 1.85 bits per heavy atom. The minimum atomic E-state index is -0.842. The van der Waals surface area contributed by atoms with E-state index in [1.807, 2.05) is 20.8 Å². The average Bonchev–Trinajstić information content (AvgIpc) is 2.14. The Bertz CT molecular complexity index is 129. The fourth-order valence-electron chi connectivity index (χ4n) is 1.31. The molecule has 0 aromatic heterocycles. The second kappa shape index (κ2) is 6.32. The first-order chi connectivity index (χ1) is 6.15. The van der Waals surface area contributed by atoms with E-state index < -0.39 is 18.5 Å². The Morgan fingerprint density at radius 3 is 2.31 bits per heavy atom. The van der Waals surface area contributed by atoms with Crippen molar-refractivity contribution in [1.29, 1.82) is 0 Å². The van der Waals surface area contributed by atoms with Crippen LogP contribution < -0.4 is 0 Å². The summed E-state index contributed by atoms with van der Waals surface area (Å²) < 4.78 is 4.87. The zero-order valence-corrected chi connectivity index (χ0v) is 8.47. The Kier molecular flexibility index (Phi) is 6.24. The molecule has 1 aliphatic heterocycles. The van der Waals surface area contributed by atoms with Gasteiger partial charge in [0.2, 0.25) is 0 Å². The van der Waals surface area contributed by atoms with E-state index in [9.17, 15) is 5.11 Å². The maximum absolute atomic E-state index is 9.36. The lowest BCUT2D eigenvalue weighted by Gasteiger charge is -2.34. The second-order valence-electron chi connectivity index (χ2n) is 3.02. The van der Waals surface area contributed by atoms with Gasteiger partial charge in [-0.3, -0.25) is 0 Å². The van der Waals surface area contributed by atoms with Crippen molar-refractivity contribution >= 4 is 0 Å². The van der Waals surface area contributed by atoms with E-state index in [0.717, 1.165) is 0 Å². The van der Waals surface area contributed by atoms with Crippen LogP contribution in [0.4, 0.5) is 0 Å². The van der Waals surface area contributed by atoms with Gasteiger partial charge in [0.05, 0.1) is 12.7 Å². The largest absolute Gasteiger partial charge is 0.394 e. The van der Waals surface area contributed by atoms with Crippen molar-refractivity contribution in [2.75, 3.05) is 6.61 Å². The van der Waals surface area contributed by atoms with Gasteiger partial charge in [-0.05, 0) is 5.92 Å². The summed E-state index contributed by atoms with van der Waals surface area (Å²) in [6.07, 6.45) is -1.71. The van der Waals surface area contributed by atoms with Crippen LogP contribution in [-0.4, -0.2) is 40.4 Å². The van der Waals surface area contributed by atoms with Gasteiger partial charge in [0.15, 0.2) is 6.29 Å². The summed E-state index contributed by atoms with van der Waals surface area (Å²) in [7, 11) is 0. The predicted octanol–water partition coefficient (Wildman–Crippen LogP) is 0.109. The lowest BCUT2D eigenvalue weighted by Crippen LogP contribution is -2.45. The zero-order valence-electron chi connectivity index (χ0n) is 8.47. The van der Waals surface area contributed by atoms with E-state index in [4.69, 9.17) is 14.9 Å². The van der Waals surface area contributed by atoms with E-state index in [0.29, 0.717) is 6.42 Å². The highest BCUT2D eigenvalue weighted by atomic mass is 16.6. The molecule has 0 saturated carbocycles. The van der Waals surface area contributed by atoms with E-state index >= 15 is 0 Å². The van der Waals surface area contributed by atoms with E-state index in [1.165, 1.54) is 0 Å². The molecule has 0 bridgehead atoms. The molecule has 1 heterocycles. The van der Waals surface area contributed by atoms with Crippen LogP contribution in [0.1, 0.15) is 27.2 Å². The summed E-state index contributed by atoms with van der Waals surface area (Å²) in [4.78, 5) is 0. The molecule has 80 valence electrons. The number of aliphatic hydroxyl groups excluding tert-OH is 3. The lowest BCUT2D eigenvalue weighted by atomic mass is 9.94. The molecule has 13 heavy (non-hydrogen) atoms. The molecular weight excluding hydrogens is 172 g/mol. The van der Waals surface area contributed by atoms with E-state index in [1.54, 1.807) is 0 Å². The summed E-state index contributed by atoms with van der Waals surface area (Å²) >= 11 is 0. The lowest BCUT2D eigenvalue weighted by molar-refractivity contribution is -0.224. The Balaban J connectivity index is 0.000000671. The quantitative estimate of drug-likeness (QED) is 0.551. The Morgan fingerprint density at radius 1 is 1.31 bits per heavy atom. The topological polar surface area (TPSA) is 69.9 Å². The van der Waals surface area contributed by atoms with Gasteiger partial charge in [-0.25, -0.2) is 0 Å². The SMILES string of the molecule is CC.CC1C[C@@H](O)OC(CO)[C@H]1O. The van der Waals surface area contributed by atoms with Gasteiger partial charge in [-0.2, -0.15) is 0 Å². The third-order valence-electron chi connectivity index (χ3n) is 2.05. The van der Waals surface area contributed by atoms with Gasteiger partial charge < -0.3 is 20.1 Å². The highest BCUT2D eigenvalue weighted by Crippen LogP contribution is 2.23. The van der Waals surface area contributed by atoms with Crippen molar-refractivity contribution in [2.24, 2.45) is 5.92 Å². The summed E-state index contributed by atoms with van der Waals surface area (Å²) in [6.45, 7) is 5.57. The number of rotatable bonds is 1. The van der Waals surface area contributed by atoms with Crippen molar-refractivity contribution in [2.45, 2.75) is 45.7 Å². The first kappa shape index (κ1) is 12.8. The molecule has 0 aromatic carbocycles. The maximum Gasteiger partial charge on any atom is 0.155 e. The monoisotopic (exact) mass is 192 g/mol. The molecular formula is C9H20O4. The minimum absolute atomic E-state index is 0.0177. The van der Waals surface area contributed by atoms with Crippen LogP contribution in [0.3, 0.4) is 0 Å². The number of aliphatic hydroxyl groups is 3. The number of hydrogen-bond acceptors (Lipinski definition) is 4. The van der Waals surface area contributed by atoms with Crippen LogP contribution in [0.15, 0.2) is 0 Å². The van der Waals surface area contributed by atoms with Crippen molar-refractivity contribution in [3.05, 3.63) is 0 Å². The molecule has 4 atom stereocenters. The van der Waals surface area contributed by atoms with Gasteiger partial charge >= 0.3 is 0 Å². The van der Waals surface area contributed by atoms with Crippen LogP contribution in [0.5, 0.6) is 0 Å².